The quantitative estimate of drug-likeness (QED) is 0.298. The molecule has 1 aromatic rings. The molecule has 29 heavy (non-hydrogen) atoms. The third kappa shape index (κ3) is 7.91. The molecular formula is C21H30F2N4O2. The van der Waals surface area contributed by atoms with Crippen LogP contribution in [-0.4, -0.2) is 55.9 Å². The summed E-state index contributed by atoms with van der Waals surface area (Å²) in [7, 11) is 0. The Balaban J connectivity index is 1.96. The Kier molecular flexibility index (Phi) is 9.73. The number of rotatable bonds is 11. The first-order valence-electron chi connectivity index (χ1n) is 10.1. The smallest absolute Gasteiger partial charge is 0.250 e. The number of nitrogens with zero attached hydrogens (tertiary/aromatic N) is 1. The first-order valence-corrected chi connectivity index (χ1v) is 10.1. The lowest BCUT2D eigenvalue weighted by Crippen LogP contribution is -2.53. The van der Waals surface area contributed by atoms with Crippen molar-refractivity contribution in [3.8, 4) is 0 Å². The summed E-state index contributed by atoms with van der Waals surface area (Å²) in [5, 5.41) is 13.5. The Morgan fingerprint density at radius 2 is 2.07 bits per heavy atom. The van der Waals surface area contributed by atoms with E-state index in [1.54, 1.807) is 0 Å². The van der Waals surface area contributed by atoms with Crippen molar-refractivity contribution < 1.29 is 18.3 Å². The van der Waals surface area contributed by atoms with Gasteiger partial charge in [-0.15, -0.1) is 0 Å². The topological polar surface area (TPSA) is 77.5 Å². The number of hydrogen-bond acceptors (Lipinski definition) is 5. The largest absolute Gasteiger partial charge is 0.379 e. The van der Waals surface area contributed by atoms with Crippen molar-refractivity contribution in [3.63, 3.8) is 0 Å². The monoisotopic (exact) mass is 408 g/mol. The minimum Gasteiger partial charge on any atom is -0.379 e. The molecule has 8 heteroatoms. The van der Waals surface area contributed by atoms with Gasteiger partial charge in [-0.1, -0.05) is 26.2 Å². The van der Waals surface area contributed by atoms with E-state index in [2.05, 4.69) is 17.6 Å². The van der Waals surface area contributed by atoms with Crippen LogP contribution in [0.3, 0.4) is 0 Å². The molecule has 0 bridgehead atoms. The van der Waals surface area contributed by atoms with Crippen LogP contribution in [0.25, 0.3) is 0 Å². The summed E-state index contributed by atoms with van der Waals surface area (Å²) in [6.07, 6.45) is 6.94. The summed E-state index contributed by atoms with van der Waals surface area (Å²) >= 11 is 0. The molecule has 1 aromatic carbocycles. The highest BCUT2D eigenvalue weighted by Crippen LogP contribution is 2.15. The lowest BCUT2D eigenvalue weighted by atomic mass is 10.1. The molecule has 0 saturated carbocycles. The third-order valence-corrected chi connectivity index (χ3v) is 4.69. The van der Waals surface area contributed by atoms with Crippen LogP contribution in [0.2, 0.25) is 0 Å². The number of amides is 1. The molecule has 1 amide bonds. The molecule has 1 unspecified atom stereocenters. The number of anilines is 1. The van der Waals surface area contributed by atoms with Gasteiger partial charge in [0.25, 0.3) is 5.91 Å². The SMILES string of the molecule is CCCCCCOCC1CNCCN1C(C=N)=CC(=O)Nc1cc(F)cc(F)c1. The molecule has 160 valence electrons. The molecular weight excluding hydrogens is 378 g/mol. The van der Waals surface area contributed by atoms with Crippen LogP contribution >= 0.6 is 0 Å². The van der Waals surface area contributed by atoms with Crippen molar-refractivity contribution in [1.29, 1.82) is 5.41 Å². The van der Waals surface area contributed by atoms with Gasteiger partial charge in [0, 0.05) is 50.3 Å². The highest BCUT2D eigenvalue weighted by Gasteiger charge is 2.24. The summed E-state index contributed by atoms with van der Waals surface area (Å²) in [5.41, 5.74) is 0.459. The Morgan fingerprint density at radius 1 is 1.31 bits per heavy atom. The van der Waals surface area contributed by atoms with E-state index in [0.717, 1.165) is 43.8 Å². The van der Waals surface area contributed by atoms with Crippen LogP contribution in [-0.2, 0) is 9.53 Å². The minimum absolute atomic E-state index is 0.00203. The number of carbonyl (C=O) groups excluding carboxylic acids is 1. The van der Waals surface area contributed by atoms with E-state index in [0.29, 0.717) is 32.0 Å². The molecule has 6 nitrogen and oxygen atoms in total. The molecule has 1 saturated heterocycles. The maximum atomic E-state index is 13.3. The molecule has 3 N–H and O–H groups in total. The average molecular weight is 408 g/mol. The number of benzene rings is 1. The summed E-state index contributed by atoms with van der Waals surface area (Å²) in [6.45, 7) is 5.41. The second kappa shape index (κ2) is 12.3. The lowest BCUT2D eigenvalue weighted by Gasteiger charge is -2.38. The molecule has 0 spiro atoms. The summed E-state index contributed by atoms with van der Waals surface area (Å²) < 4.78 is 32.4. The van der Waals surface area contributed by atoms with Crippen LogP contribution in [0.4, 0.5) is 14.5 Å². The highest BCUT2D eigenvalue weighted by atomic mass is 19.1. The minimum atomic E-state index is -0.769. The number of carbonyl (C=O) groups is 1. The summed E-state index contributed by atoms with van der Waals surface area (Å²) in [6, 6.07) is 2.82. The van der Waals surface area contributed by atoms with Crippen molar-refractivity contribution in [2.24, 2.45) is 0 Å². The zero-order chi connectivity index (χ0) is 21.1. The maximum Gasteiger partial charge on any atom is 0.250 e. The van der Waals surface area contributed by atoms with E-state index < -0.39 is 17.5 Å². The van der Waals surface area contributed by atoms with E-state index >= 15 is 0 Å². The third-order valence-electron chi connectivity index (χ3n) is 4.69. The van der Waals surface area contributed by atoms with Gasteiger partial charge in [-0.2, -0.15) is 0 Å². The Hall–Kier alpha value is -2.32. The van der Waals surface area contributed by atoms with E-state index in [-0.39, 0.29) is 11.7 Å². The second-order valence-electron chi connectivity index (χ2n) is 7.05. The lowest BCUT2D eigenvalue weighted by molar-refractivity contribution is -0.112. The number of piperazine rings is 1. The van der Waals surface area contributed by atoms with Gasteiger partial charge in [0.15, 0.2) is 0 Å². The van der Waals surface area contributed by atoms with E-state index in [4.69, 9.17) is 10.1 Å². The zero-order valence-corrected chi connectivity index (χ0v) is 16.8. The number of allylic oxidation sites excluding steroid dienone is 1. The fourth-order valence-electron chi connectivity index (χ4n) is 3.25. The van der Waals surface area contributed by atoms with E-state index in [1.165, 1.54) is 18.9 Å². The van der Waals surface area contributed by atoms with Crippen LogP contribution in [0, 0.1) is 17.0 Å². The number of unbranched alkanes of at least 4 members (excludes halogenated alkanes) is 3. The standard InChI is InChI=1S/C21H30F2N4O2/c1-2-3-4-5-8-29-15-20-14-25-6-7-27(20)19(13-24)12-21(28)26-18-10-16(22)9-17(23)11-18/h9-13,20,24-25H,2-8,14-15H2,1H3,(H,26,28). The molecule has 2 rings (SSSR count). The average Bonchev–Trinajstić information content (AvgIpc) is 2.68. The normalized spacial score (nSPS) is 17.3. The van der Waals surface area contributed by atoms with E-state index in [9.17, 15) is 13.6 Å². The first kappa shape index (κ1) is 23.0. The van der Waals surface area contributed by atoms with Gasteiger partial charge in [-0.25, -0.2) is 8.78 Å². The van der Waals surface area contributed by atoms with Gasteiger partial charge >= 0.3 is 0 Å². The van der Waals surface area contributed by atoms with E-state index in [1.807, 2.05) is 4.90 Å². The highest BCUT2D eigenvalue weighted by molar-refractivity contribution is 6.02. The molecule has 0 radical (unpaired) electrons. The van der Waals surface area contributed by atoms with Gasteiger partial charge in [0.05, 0.1) is 18.3 Å². The van der Waals surface area contributed by atoms with Crippen molar-refractivity contribution in [2.45, 2.75) is 38.6 Å². The molecule has 1 atom stereocenters. The first-order chi connectivity index (χ1) is 14.0. The number of halogens is 2. The van der Waals surface area contributed by atoms with Gasteiger partial charge in [0.2, 0.25) is 0 Å². The molecule has 0 aromatic heterocycles. The van der Waals surface area contributed by atoms with Crippen LogP contribution in [0.1, 0.15) is 32.6 Å². The fourth-order valence-corrected chi connectivity index (χ4v) is 3.25. The summed E-state index contributed by atoms with van der Waals surface area (Å²) in [5.74, 6) is -2.09. The Morgan fingerprint density at radius 3 is 2.76 bits per heavy atom. The van der Waals surface area contributed by atoms with Crippen LogP contribution in [0.15, 0.2) is 30.0 Å². The molecule has 1 fully saturated rings. The maximum absolute atomic E-state index is 13.3. The molecule has 1 aliphatic rings. The number of ether oxygens (including phenoxy) is 1. The summed E-state index contributed by atoms with van der Waals surface area (Å²) in [4.78, 5) is 14.3. The zero-order valence-electron chi connectivity index (χ0n) is 16.8. The fraction of sp³-hybridized carbons (Fsp3) is 0.524. The van der Waals surface area contributed by atoms with Gasteiger partial charge in [-0.3, -0.25) is 4.79 Å². The van der Waals surface area contributed by atoms with Crippen LogP contribution in [0.5, 0.6) is 0 Å². The van der Waals surface area contributed by atoms with Crippen molar-refractivity contribution in [1.82, 2.24) is 10.2 Å². The Labute approximate surface area is 170 Å². The van der Waals surface area contributed by atoms with Crippen LogP contribution < -0.4 is 10.6 Å². The predicted molar refractivity (Wildman–Crippen MR) is 110 cm³/mol. The van der Waals surface area contributed by atoms with Gasteiger partial charge in [-0.05, 0) is 18.6 Å². The van der Waals surface area contributed by atoms with Gasteiger partial charge < -0.3 is 25.7 Å². The number of nitrogens with one attached hydrogen (secondary N) is 3. The molecule has 1 aliphatic heterocycles. The predicted octanol–water partition coefficient (Wildman–Crippen LogP) is 3.31. The Bertz CT molecular complexity index is 692. The van der Waals surface area contributed by atoms with Crippen molar-refractivity contribution in [2.75, 3.05) is 38.2 Å². The van der Waals surface area contributed by atoms with Crippen molar-refractivity contribution in [3.05, 3.63) is 41.6 Å². The molecule has 0 aliphatic carbocycles. The molecule has 1 heterocycles. The second-order valence-corrected chi connectivity index (χ2v) is 7.05. The van der Waals surface area contributed by atoms with Crippen molar-refractivity contribution >= 4 is 17.8 Å². The van der Waals surface area contributed by atoms with Gasteiger partial charge in [0.1, 0.15) is 11.6 Å². The number of hydrogen-bond donors (Lipinski definition) is 3.